The second-order valence-corrected chi connectivity index (χ2v) is 12.0. The summed E-state index contributed by atoms with van der Waals surface area (Å²) >= 11 is 10.4. The first-order valence-corrected chi connectivity index (χ1v) is 14.7. The van der Waals surface area contributed by atoms with Crippen molar-refractivity contribution in [3.63, 3.8) is 0 Å². The van der Waals surface area contributed by atoms with E-state index in [9.17, 15) is 20.2 Å². The van der Waals surface area contributed by atoms with Gasteiger partial charge >= 0.3 is 6.72 Å². The van der Waals surface area contributed by atoms with Crippen LogP contribution in [0.5, 0.6) is 0 Å². The number of methoxy groups -OCH3 is 2. The number of hydrogen-bond donors (Lipinski definition) is 7. The second kappa shape index (κ2) is 15.5. The van der Waals surface area contributed by atoms with Gasteiger partial charge in [0.1, 0.15) is 30.5 Å². The van der Waals surface area contributed by atoms with Crippen molar-refractivity contribution >= 4 is 35.9 Å². The summed E-state index contributed by atoms with van der Waals surface area (Å²) in [6.07, 6.45) is -3.35. The van der Waals surface area contributed by atoms with Crippen LogP contribution in [-0.4, -0.2) is 122 Å². The highest BCUT2D eigenvalue weighted by molar-refractivity contribution is 8.07. The van der Waals surface area contributed by atoms with Crippen molar-refractivity contribution in [1.82, 2.24) is 10.6 Å². The van der Waals surface area contributed by atoms with E-state index in [0.29, 0.717) is 37.7 Å². The summed E-state index contributed by atoms with van der Waals surface area (Å²) in [5.41, 5.74) is 5.86. The van der Waals surface area contributed by atoms with E-state index in [1.807, 2.05) is 0 Å². The molecule has 8 N–H and O–H groups in total. The second-order valence-electron chi connectivity index (χ2n) is 8.74. The fourth-order valence-corrected chi connectivity index (χ4v) is 5.59. The maximum absolute atomic E-state index is 10.2. The Labute approximate surface area is 222 Å². The Morgan fingerprint density at radius 2 is 1.89 bits per heavy atom. The van der Waals surface area contributed by atoms with Crippen molar-refractivity contribution < 1.29 is 48.2 Å². The summed E-state index contributed by atoms with van der Waals surface area (Å²) in [5.74, 6) is -0.0829. The molecule has 0 aromatic heterocycles. The molecule has 0 aromatic carbocycles. The summed E-state index contributed by atoms with van der Waals surface area (Å²) in [6.45, 7) is -2.58. The van der Waals surface area contributed by atoms with Crippen LogP contribution in [0.4, 0.5) is 0 Å². The van der Waals surface area contributed by atoms with Crippen molar-refractivity contribution in [2.45, 2.75) is 68.2 Å². The molecule has 2 rings (SSSR count). The molecule has 212 valence electrons. The summed E-state index contributed by atoms with van der Waals surface area (Å²) in [5, 5.41) is 35.9. The molecule has 1 saturated carbocycles. The summed E-state index contributed by atoms with van der Waals surface area (Å²) in [6, 6.07) is -1.11. The van der Waals surface area contributed by atoms with E-state index in [4.69, 9.17) is 57.8 Å². The fraction of sp³-hybridized carbons (Fsp3) is 0.950. The summed E-state index contributed by atoms with van der Waals surface area (Å²) in [7, 11) is 4.45. The summed E-state index contributed by atoms with van der Waals surface area (Å²) < 4.78 is 32.6. The number of aliphatic hydroxyl groups excluding tert-OH is 3. The van der Waals surface area contributed by atoms with Crippen molar-refractivity contribution in [3.8, 4) is 0 Å². The molecular weight excluding hydrogens is 537 g/mol. The molecule has 1 heterocycles. The summed E-state index contributed by atoms with van der Waals surface area (Å²) in [4.78, 5) is 10.2. The fourth-order valence-electron chi connectivity index (χ4n) is 4.35. The van der Waals surface area contributed by atoms with Gasteiger partial charge in [-0.1, -0.05) is 0 Å². The van der Waals surface area contributed by atoms with Gasteiger partial charge in [-0.15, -0.1) is 0 Å². The van der Waals surface area contributed by atoms with E-state index in [1.165, 1.54) is 7.11 Å². The quantitative estimate of drug-likeness (QED) is 0.0704. The van der Waals surface area contributed by atoms with Gasteiger partial charge in [0, 0.05) is 40.4 Å². The Hall–Kier alpha value is -0.100. The number of aliphatic hydroxyl groups is 3. The number of thiocarbonyl (C=S) groups is 1. The molecule has 3 unspecified atom stereocenters. The zero-order valence-electron chi connectivity index (χ0n) is 20.7. The Balaban J connectivity index is 1.74. The molecule has 36 heavy (non-hydrogen) atoms. The van der Waals surface area contributed by atoms with Crippen molar-refractivity contribution in [2.75, 3.05) is 47.7 Å². The van der Waals surface area contributed by atoms with Gasteiger partial charge in [-0.2, -0.15) is 0 Å². The Kier molecular flexibility index (Phi) is 13.8. The van der Waals surface area contributed by atoms with Crippen LogP contribution in [0.1, 0.15) is 19.3 Å². The van der Waals surface area contributed by atoms with Crippen LogP contribution >= 0.6 is 18.9 Å². The maximum Gasteiger partial charge on any atom is 0.324 e. The molecule has 0 amide bonds. The molecule has 16 heteroatoms. The predicted octanol–water partition coefficient (Wildman–Crippen LogP) is -1.69. The van der Waals surface area contributed by atoms with Gasteiger partial charge in [-0.05, 0) is 43.3 Å². The van der Waals surface area contributed by atoms with E-state index >= 15 is 0 Å². The lowest BCUT2D eigenvalue weighted by Crippen LogP contribution is -2.62. The average Bonchev–Trinajstić information content (AvgIpc) is 3.15. The van der Waals surface area contributed by atoms with Gasteiger partial charge in [0.25, 0.3) is 0 Å². The minimum atomic E-state index is -3.40. The Morgan fingerprint density at radius 1 is 1.17 bits per heavy atom. The van der Waals surface area contributed by atoms with E-state index in [1.54, 1.807) is 14.2 Å². The van der Waals surface area contributed by atoms with Crippen LogP contribution in [-0.2, 0) is 39.8 Å². The van der Waals surface area contributed by atoms with Gasteiger partial charge in [0.15, 0.2) is 11.4 Å². The van der Waals surface area contributed by atoms with Crippen LogP contribution in [0.3, 0.4) is 0 Å². The number of unbranched alkanes of at least 4 members (excludes halogenated alkanes) is 1. The average molecular weight is 578 g/mol. The van der Waals surface area contributed by atoms with Crippen LogP contribution in [0, 0.1) is 5.92 Å². The zero-order chi connectivity index (χ0) is 26.9. The molecule has 0 spiro atoms. The predicted molar refractivity (Wildman–Crippen MR) is 138 cm³/mol. The molecule has 0 bridgehead atoms. The van der Waals surface area contributed by atoms with Gasteiger partial charge in [0.05, 0.1) is 25.3 Å². The lowest BCUT2D eigenvalue weighted by atomic mass is 9.98. The first kappa shape index (κ1) is 32.1. The monoisotopic (exact) mass is 577 g/mol. The molecule has 13 nitrogen and oxygen atoms in total. The molecule has 1 aliphatic heterocycles. The SMILES string of the molecule is COC[C@H]1C[C@H](NC(=S)NCCCCO[C@@H]2O[C@H](CO)[C@H](O)[C@H](O)[C@H]2N)C(OC)C1OP(O)(=S)OC. The topological polar surface area (TPSA) is 186 Å². The highest BCUT2D eigenvalue weighted by Gasteiger charge is 2.47. The van der Waals surface area contributed by atoms with Crippen LogP contribution in [0.15, 0.2) is 0 Å². The van der Waals surface area contributed by atoms with Gasteiger partial charge < -0.3 is 64.6 Å². The van der Waals surface area contributed by atoms with Gasteiger partial charge in [-0.3, -0.25) is 0 Å². The number of hydrogen-bond acceptors (Lipinski definition) is 12. The smallest absolute Gasteiger partial charge is 0.324 e. The molecule has 10 atom stereocenters. The molecule has 2 fully saturated rings. The molecule has 0 aromatic rings. The third-order valence-corrected chi connectivity index (χ3v) is 8.20. The van der Waals surface area contributed by atoms with Crippen molar-refractivity contribution in [1.29, 1.82) is 0 Å². The van der Waals surface area contributed by atoms with Gasteiger partial charge in [-0.25, -0.2) is 0 Å². The molecule has 0 radical (unpaired) electrons. The van der Waals surface area contributed by atoms with Crippen LogP contribution in [0.2, 0.25) is 0 Å². The highest BCUT2D eigenvalue weighted by atomic mass is 32.5. The first-order chi connectivity index (χ1) is 17.1. The Bertz CT molecular complexity index is 727. The van der Waals surface area contributed by atoms with Crippen LogP contribution in [0.25, 0.3) is 0 Å². The largest absolute Gasteiger partial charge is 0.394 e. The zero-order valence-corrected chi connectivity index (χ0v) is 23.3. The lowest BCUT2D eigenvalue weighted by molar-refractivity contribution is -0.265. The molecular formula is C20H40N3O10PS2. The Morgan fingerprint density at radius 3 is 2.50 bits per heavy atom. The van der Waals surface area contributed by atoms with Gasteiger partial charge in [0.2, 0.25) is 0 Å². The third kappa shape index (κ3) is 8.99. The highest BCUT2D eigenvalue weighted by Crippen LogP contribution is 2.48. The van der Waals surface area contributed by atoms with Crippen LogP contribution < -0.4 is 16.4 Å². The standard InChI is InChI=1S/C20H40N3O10PS2/c1-28-10-11-8-12(18(29-2)17(11)33-34(27,36)30-3)23-20(35)22-6-4-5-7-31-19-14(21)16(26)15(25)13(9-24)32-19/h11-19,24-26H,4-10,21H2,1-3H3,(H,27,36)(H2,22,23,35)/t11-,12+,13-,14-,15+,16-,17?,18?,19-,34?/m1/s1. The van der Waals surface area contributed by atoms with Crippen molar-refractivity contribution in [2.24, 2.45) is 11.7 Å². The third-order valence-electron chi connectivity index (χ3n) is 6.26. The van der Waals surface area contributed by atoms with Crippen molar-refractivity contribution in [3.05, 3.63) is 0 Å². The number of rotatable bonds is 14. The maximum atomic E-state index is 10.2. The minimum absolute atomic E-state index is 0.0829. The van der Waals surface area contributed by atoms with E-state index in [0.717, 1.165) is 6.42 Å². The van der Waals surface area contributed by atoms with E-state index < -0.39 is 56.2 Å². The number of nitrogens with two attached hydrogens (primary N) is 1. The first-order valence-electron chi connectivity index (χ1n) is 11.7. The molecule has 1 aliphatic carbocycles. The number of ether oxygens (including phenoxy) is 4. The minimum Gasteiger partial charge on any atom is -0.394 e. The normalized spacial score (nSPS) is 36.4. The molecule has 1 saturated heterocycles. The number of nitrogens with one attached hydrogen (secondary N) is 2. The molecule has 2 aliphatic rings. The lowest BCUT2D eigenvalue weighted by Gasteiger charge is -2.40. The van der Waals surface area contributed by atoms with E-state index in [2.05, 4.69) is 10.6 Å². The van der Waals surface area contributed by atoms with E-state index in [-0.39, 0.29) is 12.0 Å².